The van der Waals surface area contributed by atoms with Gasteiger partial charge in [-0.15, -0.1) is 0 Å². The van der Waals surface area contributed by atoms with Gasteiger partial charge in [-0.1, -0.05) is 96.6 Å². The Labute approximate surface area is 192 Å². The molecule has 0 amide bonds. The first-order valence-corrected chi connectivity index (χ1v) is 10.7. The van der Waals surface area contributed by atoms with Gasteiger partial charge in [0.1, 0.15) is 5.84 Å². The van der Waals surface area contributed by atoms with Crippen LogP contribution in [0.5, 0.6) is 0 Å². The van der Waals surface area contributed by atoms with Gasteiger partial charge in [0.2, 0.25) is 0 Å². The lowest BCUT2D eigenvalue weighted by Gasteiger charge is -2.11. The molecule has 0 spiro atoms. The van der Waals surface area contributed by atoms with Gasteiger partial charge in [0.05, 0.1) is 11.2 Å². The molecule has 0 saturated carbocycles. The van der Waals surface area contributed by atoms with Gasteiger partial charge in [0.25, 0.3) is 0 Å². The van der Waals surface area contributed by atoms with Crippen molar-refractivity contribution in [2.24, 2.45) is 5.73 Å². The fourth-order valence-corrected chi connectivity index (χ4v) is 3.49. The Morgan fingerprint density at radius 2 is 1.47 bits per heavy atom. The number of benzene rings is 3. The van der Waals surface area contributed by atoms with Crippen molar-refractivity contribution < 1.29 is 0 Å². The van der Waals surface area contributed by atoms with Gasteiger partial charge in [-0.25, -0.2) is 0 Å². The van der Waals surface area contributed by atoms with Crippen molar-refractivity contribution in [2.75, 3.05) is 7.05 Å². The number of nitrogens with one attached hydrogen (secondary N) is 1. The highest BCUT2D eigenvalue weighted by Gasteiger charge is 2.17. The van der Waals surface area contributed by atoms with Gasteiger partial charge in [-0.05, 0) is 46.0 Å². The minimum absolute atomic E-state index is 0.473. The van der Waals surface area contributed by atoms with Crippen molar-refractivity contribution in [1.29, 1.82) is 5.41 Å². The summed E-state index contributed by atoms with van der Waals surface area (Å²) in [6, 6.07) is 26.4. The van der Waals surface area contributed by atoms with Gasteiger partial charge in [-0.3, -0.25) is 9.98 Å². The molecule has 0 fully saturated rings. The first-order chi connectivity index (χ1) is 15.6. The minimum atomic E-state index is 0.473. The van der Waals surface area contributed by atoms with Crippen molar-refractivity contribution >= 4 is 28.9 Å². The van der Waals surface area contributed by atoms with E-state index in [2.05, 4.69) is 56.5 Å². The standard InChI is InChI=1S/C21H20N2.C7H8.CH5N/c1-4-9-19-17(5-2)18-14-15(3)12-13-20(18)23(19)21(22)16-10-7-6-8-11-16;1-7-5-3-2-4-6-7;1-2/h4-14,22H,2H2,1,3H3;2-6H,1H3;2H2,1H3/b9-4-,22-21?;;. The van der Waals surface area contributed by atoms with E-state index in [0.717, 1.165) is 27.7 Å². The molecule has 0 aliphatic rings. The first kappa shape index (κ1) is 24.6. The fourth-order valence-electron chi connectivity index (χ4n) is 3.49. The van der Waals surface area contributed by atoms with E-state index in [1.165, 1.54) is 18.2 Å². The number of allylic oxidation sites excluding steroid dienone is 1. The van der Waals surface area contributed by atoms with Crippen LogP contribution in [0.4, 0.5) is 0 Å². The Balaban J connectivity index is 0.000000340. The third-order valence-corrected chi connectivity index (χ3v) is 4.94. The number of nitrogens with two attached hydrogens (primary N) is 1. The predicted octanol–water partition coefficient (Wildman–Crippen LogP) is 7.07. The number of hydrogen-bond acceptors (Lipinski definition) is 2. The SMILES string of the molecule is C=Cc1c(/C=C\C)n(C(=N)c2ccccc2)c2ccc(C)cc12.CN.Cc1ccccc1. The van der Waals surface area contributed by atoms with Crippen LogP contribution in [0.15, 0.2) is 91.5 Å². The van der Waals surface area contributed by atoms with Crippen LogP contribution in [0.1, 0.15) is 34.9 Å². The number of aromatic nitrogens is 1. The van der Waals surface area contributed by atoms with Gasteiger partial charge >= 0.3 is 0 Å². The lowest BCUT2D eigenvalue weighted by atomic mass is 10.1. The van der Waals surface area contributed by atoms with E-state index >= 15 is 0 Å². The molecular weight excluding hydrogens is 390 g/mol. The van der Waals surface area contributed by atoms with Crippen molar-refractivity contribution in [3.05, 3.63) is 119 Å². The molecule has 4 aromatic rings. The molecule has 3 aromatic carbocycles. The molecule has 0 bridgehead atoms. The van der Waals surface area contributed by atoms with Crippen LogP contribution in [0, 0.1) is 19.3 Å². The van der Waals surface area contributed by atoms with Crippen LogP contribution in [-0.2, 0) is 0 Å². The molecule has 1 aromatic heterocycles. The summed E-state index contributed by atoms with van der Waals surface area (Å²) in [7, 11) is 1.50. The molecule has 0 atom stereocenters. The molecular formula is C29H33N3. The average Bonchev–Trinajstić information content (AvgIpc) is 3.13. The summed E-state index contributed by atoms with van der Waals surface area (Å²) in [6.07, 6.45) is 5.93. The first-order valence-electron chi connectivity index (χ1n) is 10.7. The number of rotatable bonds is 3. The number of nitrogens with zero attached hydrogens (tertiary/aromatic N) is 1. The molecule has 3 nitrogen and oxygen atoms in total. The Hall–Kier alpha value is -3.69. The van der Waals surface area contributed by atoms with E-state index < -0.39 is 0 Å². The van der Waals surface area contributed by atoms with Gasteiger partial charge in [-0.2, -0.15) is 0 Å². The normalized spacial score (nSPS) is 10.2. The topological polar surface area (TPSA) is 54.8 Å². The quantitative estimate of drug-likeness (QED) is 0.269. The summed E-state index contributed by atoms with van der Waals surface area (Å²) in [5.74, 6) is 0.473. The second-order valence-electron chi connectivity index (χ2n) is 7.23. The fraction of sp³-hybridized carbons (Fsp3) is 0.138. The Morgan fingerprint density at radius 1 is 0.875 bits per heavy atom. The van der Waals surface area contributed by atoms with Crippen LogP contribution in [0.3, 0.4) is 0 Å². The lowest BCUT2D eigenvalue weighted by molar-refractivity contribution is 1.15. The molecule has 0 saturated heterocycles. The molecule has 0 aliphatic carbocycles. The van der Waals surface area contributed by atoms with Gasteiger partial charge < -0.3 is 5.73 Å². The monoisotopic (exact) mass is 423 g/mol. The summed E-state index contributed by atoms with van der Waals surface area (Å²) in [5, 5.41) is 9.84. The Bertz CT molecular complexity index is 1180. The van der Waals surface area contributed by atoms with Crippen molar-refractivity contribution in [3.8, 4) is 0 Å². The lowest BCUT2D eigenvalue weighted by Crippen LogP contribution is -2.13. The highest BCUT2D eigenvalue weighted by atomic mass is 15.0. The van der Waals surface area contributed by atoms with Crippen molar-refractivity contribution in [1.82, 2.24) is 4.57 Å². The maximum Gasteiger partial charge on any atom is 0.137 e. The third kappa shape index (κ3) is 5.71. The second kappa shape index (κ2) is 12.2. The van der Waals surface area contributed by atoms with Crippen molar-refractivity contribution in [3.63, 3.8) is 0 Å². The maximum atomic E-state index is 8.71. The Kier molecular flexibility index (Phi) is 9.40. The highest BCUT2D eigenvalue weighted by Crippen LogP contribution is 2.30. The van der Waals surface area contributed by atoms with Crippen LogP contribution in [0.25, 0.3) is 23.1 Å². The van der Waals surface area contributed by atoms with Crippen LogP contribution in [0.2, 0.25) is 0 Å². The molecule has 3 N–H and O–H groups in total. The zero-order valence-electron chi connectivity index (χ0n) is 19.5. The summed E-state index contributed by atoms with van der Waals surface area (Å²) in [5.41, 5.74) is 11.0. The average molecular weight is 424 g/mol. The zero-order valence-corrected chi connectivity index (χ0v) is 19.5. The zero-order chi connectivity index (χ0) is 23.5. The highest BCUT2D eigenvalue weighted by molar-refractivity contribution is 6.08. The van der Waals surface area contributed by atoms with Crippen LogP contribution < -0.4 is 5.73 Å². The molecule has 32 heavy (non-hydrogen) atoms. The largest absolute Gasteiger partial charge is 0.333 e. The molecule has 0 radical (unpaired) electrons. The van der Waals surface area contributed by atoms with E-state index in [9.17, 15) is 0 Å². The summed E-state index contributed by atoms with van der Waals surface area (Å²) in [6.45, 7) is 10.1. The maximum absolute atomic E-state index is 8.71. The minimum Gasteiger partial charge on any atom is -0.333 e. The van der Waals surface area contributed by atoms with E-state index in [1.807, 2.05) is 78.2 Å². The van der Waals surface area contributed by atoms with E-state index in [-0.39, 0.29) is 0 Å². The molecule has 0 unspecified atom stereocenters. The second-order valence-corrected chi connectivity index (χ2v) is 7.23. The number of fused-ring (bicyclic) bond motifs is 1. The summed E-state index contributed by atoms with van der Waals surface area (Å²) < 4.78 is 2.00. The van der Waals surface area contributed by atoms with Gasteiger partial charge in [0.15, 0.2) is 0 Å². The van der Waals surface area contributed by atoms with Crippen LogP contribution >= 0.6 is 0 Å². The Morgan fingerprint density at radius 3 is 1.97 bits per heavy atom. The van der Waals surface area contributed by atoms with Crippen molar-refractivity contribution in [2.45, 2.75) is 20.8 Å². The molecule has 4 rings (SSSR count). The van der Waals surface area contributed by atoms with Gasteiger partial charge in [0, 0.05) is 16.5 Å². The number of aryl methyl sites for hydroxylation is 2. The molecule has 0 aliphatic heterocycles. The molecule has 3 heteroatoms. The smallest absolute Gasteiger partial charge is 0.137 e. The van der Waals surface area contributed by atoms with E-state index in [0.29, 0.717) is 5.84 Å². The summed E-state index contributed by atoms with van der Waals surface area (Å²) >= 11 is 0. The van der Waals surface area contributed by atoms with Crippen LogP contribution in [-0.4, -0.2) is 17.5 Å². The summed E-state index contributed by atoms with van der Waals surface area (Å²) in [4.78, 5) is 0. The predicted molar refractivity (Wildman–Crippen MR) is 141 cm³/mol. The van der Waals surface area contributed by atoms with E-state index in [4.69, 9.17) is 5.41 Å². The third-order valence-electron chi connectivity index (χ3n) is 4.94. The molecule has 164 valence electrons. The molecule has 1 heterocycles. The van der Waals surface area contributed by atoms with E-state index in [1.54, 1.807) is 0 Å². The number of hydrogen-bond donors (Lipinski definition) is 2.